The molecule has 0 aliphatic heterocycles. The van der Waals surface area contributed by atoms with Crippen molar-refractivity contribution in [3.63, 3.8) is 0 Å². The third-order valence-electron chi connectivity index (χ3n) is 2.40. The van der Waals surface area contributed by atoms with Gasteiger partial charge in [-0.3, -0.25) is 10.1 Å². The molecule has 1 N–H and O–H groups in total. The van der Waals surface area contributed by atoms with Crippen molar-refractivity contribution in [2.75, 3.05) is 13.2 Å². The topological polar surface area (TPSA) is 47.6 Å². The average Bonchev–Trinajstić information content (AvgIpc) is 2.38. The zero-order valence-electron chi connectivity index (χ0n) is 11.8. The zero-order valence-corrected chi connectivity index (χ0v) is 11.8. The molecule has 1 rings (SSSR count). The van der Waals surface area contributed by atoms with Crippen molar-refractivity contribution in [2.24, 2.45) is 0 Å². The molecule has 0 bridgehead atoms. The van der Waals surface area contributed by atoms with Gasteiger partial charge in [0, 0.05) is 12.1 Å². The lowest BCUT2D eigenvalue weighted by atomic mass is 10.2. The summed E-state index contributed by atoms with van der Waals surface area (Å²) < 4.78 is 36.5. The highest BCUT2D eigenvalue weighted by molar-refractivity contribution is 5.76. The molecule has 0 spiro atoms. The summed E-state index contributed by atoms with van der Waals surface area (Å²) >= 11 is 0. The van der Waals surface area contributed by atoms with Gasteiger partial charge in [0.05, 0.1) is 6.61 Å². The molecule has 112 valence electrons. The Morgan fingerprint density at radius 3 is 2.65 bits per heavy atom. The number of carbonyl (C=O) groups excluding carboxylic acids is 1. The number of carbonyl (C=O) groups is 1. The first-order valence-electron chi connectivity index (χ1n) is 6.44. The van der Waals surface area contributed by atoms with Crippen molar-refractivity contribution in [1.29, 1.82) is 0 Å². The van der Waals surface area contributed by atoms with Gasteiger partial charge in [0.2, 0.25) is 0 Å². The van der Waals surface area contributed by atoms with Crippen molar-refractivity contribution < 1.29 is 23.0 Å². The van der Waals surface area contributed by atoms with Crippen LogP contribution in [0.15, 0.2) is 18.2 Å². The molecular weight excluding hydrogens is 268 g/mol. The minimum Gasteiger partial charge on any atom is -0.488 e. The molecular formula is C14H19F2NO3. The van der Waals surface area contributed by atoms with Crippen LogP contribution in [0.4, 0.5) is 8.78 Å². The number of esters is 1. The van der Waals surface area contributed by atoms with Gasteiger partial charge >= 0.3 is 5.97 Å². The Bertz CT molecular complexity index is 452. The minimum absolute atomic E-state index is 0.0189. The van der Waals surface area contributed by atoms with Gasteiger partial charge in [-0.2, -0.15) is 0 Å². The van der Waals surface area contributed by atoms with Crippen LogP contribution in [-0.4, -0.2) is 31.3 Å². The number of rotatable bonds is 7. The molecule has 20 heavy (non-hydrogen) atoms. The van der Waals surface area contributed by atoms with E-state index in [0.717, 1.165) is 18.2 Å². The minimum atomic E-state index is -0.738. The maximum absolute atomic E-state index is 13.4. The molecule has 0 heterocycles. The van der Waals surface area contributed by atoms with E-state index in [0.29, 0.717) is 0 Å². The lowest BCUT2D eigenvalue weighted by Gasteiger charge is -2.20. The maximum Gasteiger partial charge on any atom is 0.326 e. The zero-order chi connectivity index (χ0) is 15.1. The van der Waals surface area contributed by atoms with Gasteiger partial charge in [0.1, 0.15) is 18.5 Å². The summed E-state index contributed by atoms with van der Waals surface area (Å²) in [4.78, 5) is 11.7. The van der Waals surface area contributed by atoms with Crippen LogP contribution in [0.5, 0.6) is 5.75 Å². The predicted molar refractivity (Wildman–Crippen MR) is 70.5 cm³/mol. The fraction of sp³-hybridized carbons (Fsp3) is 0.500. The highest BCUT2D eigenvalue weighted by Crippen LogP contribution is 2.18. The van der Waals surface area contributed by atoms with Gasteiger partial charge < -0.3 is 9.47 Å². The summed E-state index contributed by atoms with van der Waals surface area (Å²) in [6.07, 6.45) is 0. The number of benzene rings is 1. The molecule has 0 saturated carbocycles. The molecule has 4 nitrogen and oxygen atoms in total. The maximum atomic E-state index is 13.4. The van der Waals surface area contributed by atoms with Crippen molar-refractivity contribution in [2.45, 2.75) is 32.9 Å². The molecule has 0 aliphatic rings. The van der Waals surface area contributed by atoms with Crippen molar-refractivity contribution >= 4 is 5.97 Å². The van der Waals surface area contributed by atoms with Crippen LogP contribution in [0.25, 0.3) is 0 Å². The summed E-state index contributed by atoms with van der Waals surface area (Å²) in [7, 11) is 0. The second kappa shape index (κ2) is 7.79. The smallest absolute Gasteiger partial charge is 0.326 e. The van der Waals surface area contributed by atoms with Crippen LogP contribution in [0.2, 0.25) is 0 Å². The Hall–Kier alpha value is -1.69. The van der Waals surface area contributed by atoms with E-state index in [1.54, 1.807) is 6.92 Å². The highest BCUT2D eigenvalue weighted by Gasteiger charge is 2.22. The first-order valence-corrected chi connectivity index (χ1v) is 6.44. The summed E-state index contributed by atoms with van der Waals surface area (Å²) in [5.41, 5.74) is 0. The van der Waals surface area contributed by atoms with E-state index in [-0.39, 0.29) is 25.0 Å². The Balaban J connectivity index is 2.70. The SMILES string of the molecule is CCOC(=O)C(COc1cc(F)ccc1F)NC(C)C. The number of hydrogen-bond donors (Lipinski definition) is 1. The molecule has 6 heteroatoms. The summed E-state index contributed by atoms with van der Waals surface area (Å²) in [6, 6.07) is 2.19. The molecule has 0 aromatic heterocycles. The molecule has 1 aromatic rings. The lowest BCUT2D eigenvalue weighted by Crippen LogP contribution is -2.45. The molecule has 1 unspecified atom stereocenters. The molecule has 0 radical (unpaired) electrons. The van der Waals surface area contributed by atoms with Crippen LogP contribution in [-0.2, 0) is 9.53 Å². The Kier molecular flexibility index (Phi) is 6.38. The number of nitrogens with one attached hydrogen (secondary N) is 1. The first kappa shape index (κ1) is 16.4. The summed E-state index contributed by atoms with van der Waals surface area (Å²) in [6.45, 7) is 5.50. The second-order valence-corrected chi connectivity index (χ2v) is 4.51. The summed E-state index contributed by atoms with van der Waals surface area (Å²) in [5, 5.41) is 2.95. The molecule has 0 fully saturated rings. The van der Waals surface area contributed by atoms with Gasteiger partial charge in [-0.15, -0.1) is 0 Å². The Labute approximate surface area is 117 Å². The van der Waals surface area contributed by atoms with E-state index in [1.807, 2.05) is 13.8 Å². The number of halogens is 2. The third kappa shape index (κ3) is 5.13. The molecule has 1 aromatic carbocycles. The third-order valence-corrected chi connectivity index (χ3v) is 2.40. The monoisotopic (exact) mass is 287 g/mol. The standard InChI is InChI=1S/C14H19F2NO3/c1-4-19-14(18)12(17-9(2)3)8-20-13-7-10(15)5-6-11(13)16/h5-7,9,12,17H,4,8H2,1-3H3. The predicted octanol–water partition coefficient (Wildman–Crippen LogP) is 2.27. The van der Waals surface area contributed by atoms with Gasteiger partial charge in [-0.05, 0) is 19.1 Å². The average molecular weight is 287 g/mol. The largest absolute Gasteiger partial charge is 0.488 e. The van der Waals surface area contributed by atoms with Gasteiger partial charge in [0.15, 0.2) is 11.6 Å². The number of ether oxygens (including phenoxy) is 2. The van der Waals surface area contributed by atoms with E-state index in [4.69, 9.17) is 9.47 Å². The van der Waals surface area contributed by atoms with E-state index in [9.17, 15) is 13.6 Å². The van der Waals surface area contributed by atoms with E-state index in [1.165, 1.54) is 0 Å². The van der Waals surface area contributed by atoms with Crippen molar-refractivity contribution in [3.05, 3.63) is 29.8 Å². The fourth-order valence-corrected chi connectivity index (χ4v) is 1.59. The van der Waals surface area contributed by atoms with Crippen LogP contribution in [0.1, 0.15) is 20.8 Å². The summed E-state index contributed by atoms with van der Waals surface area (Å²) in [5.74, 6) is -2.01. The molecule has 0 saturated heterocycles. The first-order chi connectivity index (χ1) is 9.43. The van der Waals surface area contributed by atoms with Crippen molar-refractivity contribution in [3.8, 4) is 5.75 Å². The van der Waals surface area contributed by atoms with Gasteiger partial charge in [-0.1, -0.05) is 13.8 Å². The van der Waals surface area contributed by atoms with E-state index in [2.05, 4.69) is 5.32 Å². The van der Waals surface area contributed by atoms with E-state index < -0.39 is 23.6 Å². The van der Waals surface area contributed by atoms with Crippen LogP contribution >= 0.6 is 0 Å². The Morgan fingerprint density at radius 1 is 1.35 bits per heavy atom. The number of hydrogen-bond acceptors (Lipinski definition) is 4. The van der Waals surface area contributed by atoms with Crippen LogP contribution in [0.3, 0.4) is 0 Å². The Morgan fingerprint density at radius 2 is 2.05 bits per heavy atom. The second-order valence-electron chi connectivity index (χ2n) is 4.51. The quantitative estimate of drug-likeness (QED) is 0.782. The molecule has 0 amide bonds. The molecule has 1 atom stereocenters. The van der Waals surface area contributed by atoms with Crippen LogP contribution < -0.4 is 10.1 Å². The van der Waals surface area contributed by atoms with Gasteiger partial charge in [-0.25, -0.2) is 8.78 Å². The van der Waals surface area contributed by atoms with Crippen molar-refractivity contribution in [1.82, 2.24) is 5.32 Å². The lowest BCUT2D eigenvalue weighted by molar-refractivity contribution is -0.146. The van der Waals surface area contributed by atoms with Crippen LogP contribution in [0, 0.1) is 11.6 Å². The normalized spacial score (nSPS) is 12.3. The van der Waals surface area contributed by atoms with E-state index >= 15 is 0 Å². The molecule has 0 aliphatic carbocycles. The highest BCUT2D eigenvalue weighted by atomic mass is 19.1. The van der Waals surface area contributed by atoms with Gasteiger partial charge in [0.25, 0.3) is 0 Å². The fourth-order valence-electron chi connectivity index (χ4n) is 1.59.